The lowest BCUT2D eigenvalue weighted by molar-refractivity contribution is -0.141. The van der Waals surface area contributed by atoms with Crippen molar-refractivity contribution in [2.45, 2.75) is 39.3 Å². The van der Waals surface area contributed by atoms with Gasteiger partial charge in [-0.1, -0.05) is 12.1 Å². The number of carbonyl (C=O) groups is 3. The molecule has 1 fully saturated rings. The van der Waals surface area contributed by atoms with Gasteiger partial charge in [0.2, 0.25) is 11.7 Å². The van der Waals surface area contributed by atoms with Crippen molar-refractivity contribution in [1.29, 1.82) is 0 Å². The summed E-state index contributed by atoms with van der Waals surface area (Å²) < 4.78 is 11.9. The van der Waals surface area contributed by atoms with Crippen LogP contribution < -0.4 is 10.6 Å². The number of ether oxygens (including phenoxy) is 1. The van der Waals surface area contributed by atoms with E-state index >= 15 is 0 Å². The van der Waals surface area contributed by atoms with E-state index in [1.807, 2.05) is 13.0 Å². The maximum Gasteiger partial charge on any atom is 0.325 e. The molecule has 1 aliphatic rings. The summed E-state index contributed by atoms with van der Waals surface area (Å²) in [4.78, 5) is 40.7. The summed E-state index contributed by atoms with van der Waals surface area (Å²) in [6, 6.07) is 8.94. The molecule has 1 saturated carbocycles. The van der Waals surface area contributed by atoms with E-state index in [1.54, 1.807) is 31.2 Å². The summed E-state index contributed by atoms with van der Waals surface area (Å²) in [5.74, 6) is -0.688. The normalized spacial score (nSPS) is 13.8. The number of hydrogen-bond donors (Lipinski definition) is 3. The Hall–Kier alpha value is -3.99. The number of aliphatic hydroxyl groups excluding tert-OH is 1. The monoisotopic (exact) mass is 495 g/mol. The van der Waals surface area contributed by atoms with Gasteiger partial charge >= 0.3 is 5.97 Å². The molecule has 3 N–H and O–H groups in total. The first kappa shape index (κ1) is 25.1. The summed E-state index contributed by atoms with van der Waals surface area (Å²) >= 11 is 0. The first-order chi connectivity index (χ1) is 17.4. The van der Waals surface area contributed by atoms with Gasteiger partial charge in [-0.3, -0.25) is 19.1 Å². The number of aromatic nitrogens is 3. The van der Waals surface area contributed by atoms with Crippen molar-refractivity contribution in [3.8, 4) is 22.7 Å². The molecule has 0 aliphatic heterocycles. The molecule has 3 aromatic rings. The molecule has 2 amide bonds. The van der Waals surface area contributed by atoms with Gasteiger partial charge in [0.15, 0.2) is 0 Å². The second-order valence-electron chi connectivity index (χ2n) is 8.56. The molecule has 2 aromatic heterocycles. The van der Waals surface area contributed by atoms with Gasteiger partial charge in [0, 0.05) is 17.2 Å². The Morgan fingerprint density at radius 1 is 1.22 bits per heavy atom. The van der Waals surface area contributed by atoms with E-state index in [0.717, 1.165) is 12.8 Å². The smallest absolute Gasteiger partial charge is 0.325 e. The number of carbonyl (C=O) groups excluding carboxylic acids is 3. The molecule has 0 saturated heterocycles. The summed E-state index contributed by atoms with van der Waals surface area (Å²) in [5, 5.41) is 19.4. The molecule has 2 heterocycles. The van der Waals surface area contributed by atoms with E-state index in [1.165, 1.54) is 10.9 Å². The Kier molecular flexibility index (Phi) is 7.79. The summed E-state index contributed by atoms with van der Waals surface area (Å²) in [5.41, 5.74) is 2.23. The minimum absolute atomic E-state index is 0.0457. The quantitative estimate of drug-likeness (QED) is 0.342. The number of rotatable bonds is 11. The third-order valence-corrected chi connectivity index (χ3v) is 5.85. The number of nitrogens with one attached hydrogen (secondary N) is 2. The van der Waals surface area contributed by atoms with Crippen LogP contribution in [0.5, 0.6) is 0 Å². The molecule has 190 valence electrons. The van der Waals surface area contributed by atoms with Crippen molar-refractivity contribution in [1.82, 2.24) is 25.4 Å². The number of benzene rings is 1. The van der Waals surface area contributed by atoms with Crippen LogP contribution in [0.2, 0.25) is 0 Å². The van der Waals surface area contributed by atoms with Gasteiger partial charge in [0.05, 0.1) is 31.6 Å². The Morgan fingerprint density at radius 3 is 2.72 bits per heavy atom. The highest BCUT2D eigenvalue weighted by Crippen LogP contribution is 2.32. The van der Waals surface area contributed by atoms with Crippen LogP contribution in [-0.4, -0.2) is 63.5 Å². The van der Waals surface area contributed by atoms with Crippen molar-refractivity contribution < 1.29 is 28.6 Å². The van der Waals surface area contributed by atoms with Gasteiger partial charge in [0.1, 0.15) is 12.2 Å². The minimum atomic E-state index is -0.586. The standard InChI is InChI=1S/C25H29N5O6/c1-3-35-22(32)14-26-24(34)21-13-27-25(36-21)18-6-4-5-17(11-18)19-12-20(30(29-19)9-10-31)23(33)28-15(2)16-7-8-16/h4-6,11-13,15-16,31H,3,7-10,14H2,1-2H3,(H,26,34)(H,28,33). The lowest BCUT2D eigenvalue weighted by Gasteiger charge is -2.13. The Morgan fingerprint density at radius 2 is 2.00 bits per heavy atom. The van der Waals surface area contributed by atoms with Gasteiger partial charge in [-0.15, -0.1) is 0 Å². The van der Waals surface area contributed by atoms with Crippen molar-refractivity contribution >= 4 is 17.8 Å². The van der Waals surface area contributed by atoms with E-state index in [0.29, 0.717) is 28.4 Å². The maximum absolute atomic E-state index is 12.9. The fraction of sp³-hybridized carbons (Fsp3) is 0.400. The number of hydrogen-bond acceptors (Lipinski definition) is 8. The van der Waals surface area contributed by atoms with Crippen LogP contribution in [0.15, 0.2) is 40.9 Å². The molecule has 0 bridgehead atoms. The second-order valence-corrected chi connectivity index (χ2v) is 8.56. The molecule has 1 aliphatic carbocycles. The van der Waals surface area contributed by atoms with Gasteiger partial charge < -0.3 is 24.9 Å². The summed E-state index contributed by atoms with van der Waals surface area (Å²) in [6.07, 6.45) is 3.51. The van der Waals surface area contributed by atoms with Crippen LogP contribution in [0, 0.1) is 5.92 Å². The Labute approximate surface area is 207 Å². The predicted molar refractivity (Wildman–Crippen MR) is 129 cm³/mol. The fourth-order valence-electron chi connectivity index (χ4n) is 3.78. The number of amides is 2. The van der Waals surface area contributed by atoms with Crippen molar-refractivity contribution in [2.24, 2.45) is 5.92 Å². The van der Waals surface area contributed by atoms with E-state index in [-0.39, 0.29) is 49.9 Å². The van der Waals surface area contributed by atoms with E-state index in [4.69, 9.17) is 9.15 Å². The van der Waals surface area contributed by atoms with Gasteiger partial charge in [-0.25, -0.2) is 4.98 Å². The topological polar surface area (TPSA) is 149 Å². The van der Waals surface area contributed by atoms with Crippen LogP contribution in [0.25, 0.3) is 22.7 Å². The predicted octanol–water partition coefficient (Wildman–Crippen LogP) is 2.02. The third kappa shape index (κ3) is 5.98. The summed E-state index contributed by atoms with van der Waals surface area (Å²) in [6.45, 7) is 3.65. The van der Waals surface area contributed by atoms with Gasteiger partial charge in [-0.2, -0.15) is 5.10 Å². The van der Waals surface area contributed by atoms with Crippen LogP contribution in [0.3, 0.4) is 0 Å². The Balaban J connectivity index is 1.51. The number of aliphatic hydroxyl groups is 1. The van der Waals surface area contributed by atoms with Crippen LogP contribution in [0.4, 0.5) is 0 Å². The third-order valence-electron chi connectivity index (χ3n) is 5.85. The summed E-state index contributed by atoms with van der Waals surface area (Å²) in [7, 11) is 0. The molecule has 36 heavy (non-hydrogen) atoms. The van der Waals surface area contributed by atoms with Crippen LogP contribution in [0.1, 0.15) is 47.7 Å². The van der Waals surface area contributed by atoms with E-state index in [2.05, 4.69) is 20.7 Å². The fourth-order valence-corrected chi connectivity index (χ4v) is 3.78. The SMILES string of the molecule is CCOC(=O)CNC(=O)c1cnc(-c2cccc(-c3cc(C(=O)NC(C)C4CC4)n(CCO)n3)c2)o1. The van der Waals surface area contributed by atoms with E-state index in [9.17, 15) is 19.5 Å². The molecule has 0 radical (unpaired) electrons. The average molecular weight is 496 g/mol. The zero-order valence-electron chi connectivity index (χ0n) is 20.2. The molecule has 11 nitrogen and oxygen atoms in total. The van der Waals surface area contributed by atoms with Crippen LogP contribution in [-0.2, 0) is 16.1 Å². The first-order valence-corrected chi connectivity index (χ1v) is 11.9. The van der Waals surface area contributed by atoms with E-state index < -0.39 is 11.9 Å². The number of esters is 1. The second kappa shape index (κ2) is 11.2. The van der Waals surface area contributed by atoms with Crippen LogP contribution >= 0.6 is 0 Å². The molecule has 1 aromatic carbocycles. The molecule has 4 rings (SSSR count). The molecule has 0 spiro atoms. The van der Waals surface area contributed by atoms with Gasteiger partial charge in [-0.05, 0) is 50.8 Å². The largest absolute Gasteiger partial charge is 0.465 e. The molecular weight excluding hydrogens is 466 g/mol. The van der Waals surface area contributed by atoms with Crippen molar-refractivity contribution in [3.05, 3.63) is 48.0 Å². The number of oxazole rings is 1. The minimum Gasteiger partial charge on any atom is -0.465 e. The van der Waals surface area contributed by atoms with Gasteiger partial charge in [0.25, 0.3) is 11.8 Å². The zero-order chi connectivity index (χ0) is 25.7. The molecule has 11 heteroatoms. The zero-order valence-corrected chi connectivity index (χ0v) is 20.2. The highest BCUT2D eigenvalue weighted by molar-refractivity contribution is 5.94. The van der Waals surface area contributed by atoms with Crippen molar-refractivity contribution in [2.75, 3.05) is 19.8 Å². The maximum atomic E-state index is 12.9. The average Bonchev–Trinajstić information content (AvgIpc) is 3.45. The molecular formula is C25H29N5O6. The number of nitrogens with zero attached hydrogens (tertiary/aromatic N) is 3. The molecule has 1 unspecified atom stereocenters. The Bertz CT molecular complexity index is 1250. The van der Waals surface area contributed by atoms with Crippen molar-refractivity contribution in [3.63, 3.8) is 0 Å². The molecule has 1 atom stereocenters. The lowest BCUT2D eigenvalue weighted by Crippen LogP contribution is -2.35. The lowest BCUT2D eigenvalue weighted by atomic mass is 10.1. The highest BCUT2D eigenvalue weighted by atomic mass is 16.5. The highest BCUT2D eigenvalue weighted by Gasteiger charge is 2.30. The first-order valence-electron chi connectivity index (χ1n) is 11.9.